The number of rotatable bonds is 3. The topological polar surface area (TPSA) is 49.3 Å². The van der Waals surface area contributed by atoms with E-state index >= 15 is 0 Å². The zero-order valence-corrected chi connectivity index (χ0v) is 12.5. The lowest BCUT2D eigenvalue weighted by Gasteiger charge is -2.12. The Morgan fingerprint density at radius 1 is 1.05 bits per heavy atom. The van der Waals surface area contributed by atoms with E-state index in [-0.39, 0.29) is 5.56 Å². The van der Waals surface area contributed by atoms with Crippen LogP contribution in [0.15, 0.2) is 30.3 Å². The number of halogens is 2. The van der Waals surface area contributed by atoms with Crippen molar-refractivity contribution in [1.29, 1.82) is 0 Å². The van der Waals surface area contributed by atoms with Gasteiger partial charge in [-0.15, -0.1) is 0 Å². The number of carboxylic acid groups (broad SMARTS) is 1. The van der Waals surface area contributed by atoms with E-state index in [1.165, 1.54) is 0 Å². The highest BCUT2D eigenvalue weighted by molar-refractivity contribution is 6.35. The highest BCUT2D eigenvalue weighted by atomic mass is 35.5. The smallest absolute Gasteiger partial charge is 0.335 e. The molecule has 0 aromatic heterocycles. The van der Waals surface area contributed by atoms with Crippen LogP contribution in [-0.4, -0.2) is 11.1 Å². The van der Waals surface area contributed by atoms with Crippen LogP contribution >= 0.6 is 23.2 Å². The molecule has 0 unspecified atom stereocenters. The summed E-state index contributed by atoms with van der Waals surface area (Å²) in [6, 6.07) is 8.54. The van der Waals surface area contributed by atoms with Crippen LogP contribution in [0, 0.1) is 13.8 Å². The van der Waals surface area contributed by atoms with Crippen molar-refractivity contribution in [3.8, 4) is 0 Å². The Morgan fingerprint density at radius 3 is 2.35 bits per heavy atom. The van der Waals surface area contributed by atoms with Gasteiger partial charge >= 0.3 is 5.97 Å². The number of nitrogens with one attached hydrogen (secondary N) is 1. The molecule has 0 amide bonds. The zero-order valence-electron chi connectivity index (χ0n) is 11.0. The lowest BCUT2D eigenvalue weighted by molar-refractivity contribution is 0.0696. The van der Waals surface area contributed by atoms with E-state index in [0.717, 1.165) is 11.3 Å². The number of hydrogen-bond acceptors (Lipinski definition) is 2. The van der Waals surface area contributed by atoms with Crippen molar-refractivity contribution in [3.63, 3.8) is 0 Å². The fraction of sp³-hybridized carbons (Fsp3) is 0.133. The molecule has 20 heavy (non-hydrogen) atoms. The summed E-state index contributed by atoms with van der Waals surface area (Å²) >= 11 is 12.2. The summed E-state index contributed by atoms with van der Waals surface area (Å²) in [6.45, 7) is 3.63. The first-order valence-electron chi connectivity index (χ1n) is 5.95. The Morgan fingerprint density at radius 2 is 1.75 bits per heavy atom. The molecule has 5 heteroatoms. The molecule has 0 aliphatic heterocycles. The maximum atomic E-state index is 11.0. The summed E-state index contributed by atoms with van der Waals surface area (Å²) in [5.74, 6) is -0.939. The molecule has 0 radical (unpaired) electrons. The Labute approximate surface area is 127 Å². The van der Waals surface area contributed by atoms with E-state index in [4.69, 9.17) is 28.3 Å². The molecular weight excluding hydrogens is 297 g/mol. The van der Waals surface area contributed by atoms with Crippen molar-refractivity contribution in [2.45, 2.75) is 13.8 Å². The first-order chi connectivity index (χ1) is 9.38. The number of hydrogen-bond donors (Lipinski definition) is 2. The van der Waals surface area contributed by atoms with E-state index in [1.54, 1.807) is 37.3 Å². The molecule has 3 nitrogen and oxygen atoms in total. The van der Waals surface area contributed by atoms with Crippen molar-refractivity contribution in [2.24, 2.45) is 0 Å². The number of benzene rings is 2. The van der Waals surface area contributed by atoms with Gasteiger partial charge in [0.1, 0.15) is 0 Å². The maximum Gasteiger partial charge on any atom is 0.335 e. The van der Waals surface area contributed by atoms with Crippen molar-refractivity contribution < 1.29 is 9.90 Å². The molecule has 2 aromatic carbocycles. The third kappa shape index (κ3) is 3.06. The molecule has 0 bridgehead atoms. The van der Waals surface area contributed by atoms with Gasteiger partial charge in [0.2, 0.25) is 0 Å². The minimum atomic E-state index is -0.939. The second-order valence-corrected chi connectivity index (χ2v) is 5.36. The molecule has 2 N–H and O–H groups in total. The van der Waals surface area contributed by atoms with Gasteiger partial charge in [0, 0.05) is 10.7 Å². The Hall–Kier alpha value is -1.71. The van der Waals surface area contributed by atoms with Gasteiger partial charge in [-0.25, -0.2) is 4.79 Å². The lowest BCUT2D eigenvalue weighted by Crippen LogP contribution is -2.00. The van der Waals surface area contributed by atoms with Crippen LogP contribution in [0.2, 0.25) is 10.0 Å². The molecule has 104 valence electrons. The van der Waals surface area contributed by atoms with Crippen molar-refractivity contribution >= 4 is 40.5 Å². The van der Waals surface area contributed by atoms with Crippen molar-refractivity contribution in [1.82, 2.24) is 0 Å². The molecule has 0 aliphatic carbocycles. The normalized spacial score (nSPS) is 10.4. The molecule has 0 heterocycles. The SMILES string of the molecule is Cc1cc(Cl)c(Nc2ccc(C(=O)O)c(C)c2)cc1Cl. The summed E-state index contributed by atoms with van der Waals surface area (Å²) in [6.07, 6.45) is 0. The van der Waals surface area contributed by atoms with Gasteiger partial charge in [-0.2, -0.15) is 0 Å². The van der Waals surface area contributed by atoms with Crippen LogP contribution in [0.5, 0.6) is 0 Å². The van der Waals surface area contributed by atoms with Crippen LogP contribution in [-0.2, 0) is 0 Å². The van der Waals surface area contributed by atoms with Crippen molar-refractivity contribution in [2.75, 3.05) is 5.32 Å². The molecule has 0 saturated carbocycles. The van der Waals surface area contributed by atoms with Gasteiger partial charge < -0.3 is 10.4 Å². The zero-order chi connectivity index (χ0) is 14.9. The van der Waals surface area contributed by atoms with Crippen LogP contribution in [0.1, 0.15) is 21.5 Å². The first kappa shape index (κ1) is 14.7. The minimum absolute atomic E-state index is 0.281. The first-order valence-corrected chi connectivity index (χ1v) is 6.70. The molecular formula is C15H13Cl2NO2. The predicted octanol–water partition coefficient (Wildman–Crippen LogP) is 5.05. The van der Waals surface area contributed by atoms with Crippen LogP contribution in [0.3, 0.4) is 0 Å². The predicted molar refractivity (Wildman–Crippen MR) is 82.6 cm³/mol. The lowest BCUT2D eigenvalue weighted by atomic mass is 10.1. The van der Waals surface area contributed by atoms with Crippen molar-refractivity contribution in [3.05, 3.63) is 57.1 Å². The second-order valence-electron chi connectivity index (χ2n) is 4.54. The number of carbonyl (C=O) groups is 1. The molecule has 0 atom stereocenters. The summed E-state index contributed by atoms with van der Waals surface area (Å²) in [7, 11) is 0. The average Bonchev–Trinajstić information content (AvgIpc) is 2.35. The molecule has 2 aromatic rings. The average molecular weight is 310 g/mol. The largest absolute Gasteiger partial charge is 0.478 e. The van der Waals surface area contributed by atoms with E-state index in [2.05, 4.69) is 5.32 Å². The van der Waals surface area contributed by atoms with E-state index in [0.29, 0.717) is 21.3 Å². The van der Waals surface area contributed by atoms with Gasteiger partial charge in [0.15, 0.2) is 0 Å². The van der Waals surface area contributed by atoms with Crippen LogP contribution < -0.4 is 5.32 Å². The van der Waals surface area contributed by atoms with Gasteiger partial charge in [0.05, 0.1) is 16.3 Å². The second kappa shape index (κ2) is 5.73. The fourth-order valence-corrected chi connectivity index (χ4v) is 2.31. The van der Waals surface area contributed by atoms with Gasteiger partial charge in [-0.1, -0.05) is 23.2 Å². The third-order valence-corrected chi connectivity index (χ3v) is 3.70. The fourth-order valence-electron chi connectivity index (χ4n) is 1.88. The molecule has 2 rings (SSSR count). The standard InChI is InChI=1S/C15H13Cl2NO2/c1-8-5-10(3-4-11(8)15(19)20)18-14-7-12(16)9(2)6-13(14)17/h3-7,18H,1-2H3,(H,19,20). The van der Waals surface area contributed by atoms with Crippen LogP contribution in [0.4, 0.5) is 11.4 Å². The third-order valence-electron chi connectivity index (χ3n) is 2.98. The summed E-state index contributed by atoms with van der Waals surface area (Å²) in [5, 5.41) is 13.3. The Kier molecular flexibility index (Phi) is 4.21. The van der Waals surface area contributed by atoms with Gasteiger partial charge in [-0.05, 0) is 55.3 Å². The summed E-state index contributed by atoms with van der Waals surface area (Å²) < 4.78 is 0. The quantitative estimate of drug-likeness (QED) is 0.834. The van der Waals surface area contributed by atoms with Gasteiger partial charge in [0.25, 0.3) is 0 Å². The molecule has 0 saturated heterocycles. The number of aryl methyl sites for hydroxylation is 2. The Balaban J connectivity index is 2.33. The summed E-state index contributed by atoms with van der Waals surface area (Å²) in [5.41, 5.74) is 3.30. The maximum absolute atomic E-state index is 11.0. The van der Waals surface area contributed by atoms with Gasteiger partial charge in [-0.3, -0.25) is 0 Å². The highest BCUT2D eigenvalue weighted by Gasteiger charge is 2.09. The molecule has 0 spiro atoms. The highest BCUT2D eigenvalue weighted by Crippen LogP contribution is 2.31. The summed E-state index contributed by atoms with van der Waals surface area (Å²) in [4.78, 5) is 11.0. The van der Waals surface area contributed by atoms with E-state index in [1.807, 2.05) is 6.92 Å². The number of aromatic carboxylic acids is 1. The van der Waals surface area contributed by atoms with E-state index < -0.39 is 5.97 Å². The number of anilines is 2. The monoisotopic (exact) mass is 309 g/mol. The molecule has 0 fully saturated rings. The minimum Gasteiger partial charge on any atom is -0.478 e. The van der Waals surface area contributed by atoms with E-state index in [9.17, 15) is 4.79 Å². The Bertz CT molecular complexity index is 684. The molecule has 0 aliphatic rings. The van der Waals surface area contributed by atoms with Crippen LogP contribution in [0.25, 0.3) is 0 Å². The number of carboxylic acids is 1.